The van der Waals surface area contributed by atoms with Crippen molar-refractivity contribution in [2.75, 3.05) is 11.9 Å². The van der Waals surface area contributed by atoms with Gasteiger partial charge in [-0.25, -0.2) is 4.79 Å². The van der Waals surface area contributed by atoms with Gasteiger partial charge in [0.25, 0.3) is 0 Å². The Morgan fingerprint density at radius 2 is 1.85 bits per heavy atom. The Morgan fingerprint density at radius 1 is 1.10 bits per heavy atom. The first-order valence-corrected chi connectivity index (χ1v) is 13.5. The normalized spacial score (nSPS) is 18.9. The van der Waals surface area contributed by atoms with Gasteiger partial charge in [-0.15, -0.1) is 13.2 Å². The molecule has 41 heavy (non-hydrogen) atoms. The third-order valence-electron chi connectivity index (χ3n) is 7.42. The van der Waals surface area contributed by atoms with E-state index in [2.05, 4.69) is 15.2 Å². The summed E-state index contributed by atoms with van der Waals surface area (Å²) in [6.45, 7) is 2.27. The van der Waals surface area contributed by atoms with Crippen molar-refractivity contribution in [3.05, 3.63) is 65.4 Å². The second kappa shape index (κ2) is 11.8. The Labute approximate surface area is 234 Å². The van der Waals surface area contributed by atoms with Crippen molar-refractivity contribution in [3.8, 4) is 17.0 Å². The maximum atomic E-state index is 13.3. The van der Waals surface area contributed by atoms with E-state index in [4.69, 9.17) is 15.0 Å². The van der Waals surface area contributed by atoms with Crippen molar-refractivity contribution in [3.63, 3.8) is 0 Å². The lowest BCUT2D eigenvalue weighted by Crippen LogP contribution is -2.45. The number of nitrogens with zero attached hydrogens (tertiary/aromatic N) is 2. The summed E-state index contributed by atoms with van der Waals surface area (Å²) >= 11 is 0. The molecular formula is C29H31F3N4O5. The van der Waals surface area contributed by atoms with E-state index in [1.807, 2.05) is 6.92 Å². The number of benzene rings is 2. The van der Waals surface area contributed by atoms with Crippen LogP contribution < -0.4 is 15.8 Å². The zero-order valence-electron chi connectivity index (χ0n) is 22.4. The summed E-state index contributed by atoms with van der Waals surface area (Å²) in [6, 6.07) is 11.7. The predicted molar refractivity (Wildman–Crippen MR) is 143 cm³/mol. The first-order valence-electron chi connectivity index (χ1n) is 13.5. The molecule has 2 heterocycles. The lowest BCUT2D eigenvalue weighted by Gasteiger charge is -2.30. The van der Waals surface area contributed by atoms with Crippen LogP contribution in [0.2, 0.25) is 0 Å². The third kappa shape index (κ3) is 6.64. The molecule has 0 bridgehead atoms. The van der Waals surface area contributed by atoms with Gasteiger partial charge in [0, 0.05) is 34.3 Å². The number of para-hydroxylation sites is 1. The molecule has 2 aromatic carbocycles. The number of nitrogens with two attached hydrogens (primary N) is 1. The molecule has 2 fully saturated rings. The van der Waals surface area contributed by atoms with Crippen LogP contribution in [0.1, 0.15) is 66.6 Å². The molecule has 3 aromatic rings. The summed E-state index contributed by atoms with van der Waals surface area (Å²) in [7, 11) is 0. The van der Waals surface area contributed by atoms with E-state index >= 15 is 0 Å². The SMILES string of the molecule is CCC1CCC(COCc2c(-c3ccccc3OC(F)(F)F)noc2C2CC2)N1C(=O)Nc1cccc(C(N)=O)c1. The minimum atomic E-state index is -4.86. The second-order valence-corrected chi connectivity index (χ2v) is 10.3. The van der Waals surface area contributed by atoms with Crippen molar-refractivity contribution in [1.29, 1.82) is 0 Å². The molecule has 2 atom stereocenters. The van der Waals surface area contributed by atoms with Gasteiger partial charge < -0.3 is 29.9 Å². The van der Waals surface area contributed by atoms with E-state index in [0.717, 1.165) is 32.1 Å². The minimum absolute atomic E-state index is 0.00231. The number of hydrogen-bond donors (Lipinski definition) is 2. The zero-order chi connectivity index (χ0) is 29.1. The fraction of sp³-hybridized carbons (Fsp3) is 0.414. The number of primary amides is 1. The van der Waals surface area contributed by atoms with Crippen LogP contribution in [-0.2, 0) is 11.3 Å². The maximum Gasteiger partial charge on any atom is 0.573 e. The summed E-state index contributed by atoms with van der Waals surface area (Å²) in [5, 5.41) is 6.97. The number of likely N-dealkylation sites (tertiary alicyclic amines) is 1. The van der Waals surface area contributed by atoms with Gasteiger partial charge in [0.2, 0.25) is 5.91 Å². The Bertz CT molecular complexity index is 1410. The van der Waals surface area contributed by atoms with Crippen molar-refractivity contribution < 1.29 is 36.8 Å². The number of carbonyl (C=O) groups is 2. The number of aromatic nitrogens is 1. The molecule has 218 valence electrons. The number of rotatable bonds is 10. The number of carbonyl (C=O) groups excluding carboxylic acids is 2. The van der Waals surface area contributed by atoms with Gasteiger partial charge in [-0.1, -0.05) is 30.3 Å². The van der Waals surface area contributed by atoms with E-state index in [1.54, 1.807) is 29.2 Å². The van der Waals surface area contributed by atoms with Crippen LogP contribution in [-0.4, -0.2) is 47.0 Å². The highest BCUT2D eigenvalue weighted by molar-refractivity contribution is 5.96. The van der Waals surface area contributed by atoms with Crippen LogP contribution >= 0.6 is 0 Å². The Balaban J connectivity index is 1.31. The third-order valence-corrected chi connectivity index (χ3v) is 7.42. The highest BCUT2D eigenvalue weighted by atomic mass is 19.4. The molecule has 2 unspecified atom stereocenters. The smallest absolute Gasteiger partial charge is 0.405 e. The van der Waals surface area contributed by atoms with Crippen molar-refractivity contribution >= 4 is 17.6 Å². The number of alkyl halides is 3. The molecule has 1 aromatic heterocycles. The summed E-state index contributed by atoms with van der Waals surface area (Å²) in [4.78, 5) is 26.6. The summed E-state index contributed by atoms with van der Waals surface area (Å²) < 4.78 is 55.1. The monoisotopic (exact) mass is 572 g/mol. The van der Waals surface area contributed by atoms with E-state index in [9.17, 15) is 22.8 Å². The molecule has 0 spiro atoms. The Morgan fingerprint density at radius 3 is 2.56 bits per heavy atom. The van der Waals surface area contributed by atoms with Crippen LogP contribution in [0.3, 0.4) is 0 Å². The van der Waals surface area contributed by atoms with Crippen molar-refractivity contribution in [1.82, 2.24) is 10.1 Å². The maximum absolute atomic E-state index is 13.3. The molecule has 9 nitrogen and oxygen atoms in total. The molecule has 1 saturated heterocycles. The van der Waals surface area contributed by atoms with Gasteiger partial charge in [0.05, 0.1) is 19.3 Å². The van der Waals surface area contributed by atoms with Crippen LogP contribution in [0.25, 0.3) is 11.3 Å². The Hall–Kier alpha value is -4.06. The number of hydrogen-bond acceptors (Lipinski definition) is 6. The first-order chi connectivity index (χ1) is 19.6. The molecule has 12 heteroatoms. The summed E-state index contributed by atoms with van der Waals surface area (Å²) in [5.74, 6) is -0.225. The number of urea groups is 1. The molecule has 2 aliphatic rings. The number of amides is 3. The number of nitrogens with one attached hydrogen (secondary N) is 1. The molecular weight excluding hydrogens is 541 g/mol. The minimum Gasteiger partial charge on any atom is -0.405 e. The lowest BCUT2D eigenvalue weighted by atomic mass is 10.0. The number of ether oxygens (including phenoxy) is 2. The highest BCUT2D eigenvalue weighted by Gasteiger charge is 2.38. The van der Waals surface area contributed by atoms with Crippen LogP contribution in [0.4, 0.5) is 23.7 Å². The quantitative estimate of drug-likeness (QED) is 0.298. The molecule has 1 saturated carbocycles. The fourth-order valence-electron chi connectivity index (χ4n) is 5.31. The van der Waals surface area contributed by atoms with Crippen LogP contribution in [0.15, 0.2) is 53.1 Å². The standard InChI is InChI=1S/C29H31F3N4O5/c1-2-20-12-13-21(36(20)28(38)34-19-7-5-6-18(14-19)27(33)37)15-39-16-23-25(35-41-26(23)17-10-11-17)22-8-3-4-9-24(22)40-29(30,31)32/h3-9,14,17,20-21H,2,10-13,15-16H2,1H3,(H2,33,37)(H,34,38). The summed E-state index contributed by atoms with van der Waals surface area (Å²) in [6.07, 6.45) is -0.793. The van der Waals surface area contributed by atoms with E-state index in [1.165, 1.54) is 24.3 Å². The number of anilines is 1. The number of halogens is 3. The van der Waals surface area contributed by atoms with Gasteiger partial charge in [0.15, 0.2) is 0 Å². The lowest BCUT2D eigenvalue weighted by molar-refractivity contribution is -0.274. The molecule has 5 rings (SSSR count). The zero-order valence-corrected chi connectivity index (χ0v) is 22.4. The average molecular weight is 573 g/mol. The molecule has 0 radical (unpaired) electrons. The molecule has 3 amide bonds. The average Bonchev–Trinajstić information content (AvgIpc) is 3.55. The second-order valence-electron chi connectivity index (χ2n) is 10.3. The van der Waals surface area contributed by atoms with E-state index < -0.39 is 12.3 Å². The summed E-state index contributed by atoms with van der Waals surface area (Å²) in [5.41, 5.74) is 7.09. The highest BCUT2D eigenvalue weighted by Crippen LogP contribution is 2.45. The molecule has 1 aliphatic carbocycles. The fourth-order valence-corrected chi connectivity index (χ4v) is 5.31. The largest absolute Gasteiger partial charge is 0.573 e. The van der Waals surface area contributed by atoms with Crippen molar-refractivity contribution in [2.24, 2.45) is 5.73 Å². The molecule has 1 aliphatic heterocycles. The van der Waals surface area contributed by atoms with Gasteiger partial charge in [-0.2, -0.15) is 0 Å². The predicted octanol–water partition coefficient (Wildman–Crippen LogP) is 6.21. The van der Waals surface area contributed by atoms with Crippen LogP contribution in [0, 0.1) is 0 Å². The molecule has 3 N–H and O–H groups in total. The Kier molecular flexibility index (Phi) is 8.20. The van der Waals surface area contributed by atoms with Gasteiger partial charge in [0.1, 0.15) is 17.2 Å². The van der Waals surface area contributed by atoms with Gasteiger partial charge in [-0.3, -0.25) is 4.79 Å². The van der Waals surface area contributed by atoms with Gasteiger partial charge in [-0.05, 0) is 62.4 Å². The van der Waals surface area contributed by atoms with Crippen molar-refractivity contribution in [2.45, 2.75) is 70.0 Å². The topological polar surface area (TPSA) is 120 Å². The van der Waals surface area contributed by atoms with E-state index in [-0.39, 0.29) is 59.8 Å². The first kappa shape index (κ1) is 28.5. The van der Waals surface area contributed by atoms with E-state index in [0.29, 0.717) is 17.0 Å². The van der Waals surface area contributed by atoms with Crippen LogP contribution in [0.5, 0.6) is 5.75 Å². The van der Waals surface area contributed by atoms with Gasteiger partial charge >= 0.3 is 12.4 Å².